The van der Waals surface area contributed by atoms with E-state index in [9.17, 15) is 4.79 Å². The Morgan fingerprint density at radius 3 is 2.73 bits per heavy atom. The zero-order chi connectivity index (χ0) is 8.69. The van der Waals surface area contributed by atoms with Gasteiger partial charge in [-0.2, -0.15) is 0 Å². The first-order valence-electron chi connectivity index (χ1n) is 3.28. The van der Waals surface area contributed by atoms with Crippen molar-refractivity contribution in [2.24, 2.45) is 5.92 Å². The fourth-order valence-electron chi connectivity index (χ4n) is 0.361. The van der Waals surface area contributed by atoms with E-state index in [4.69, 9.17) is 11.2 Å². The van der Waals surface area contributed by atoms with E-state index in [1.807, 2.05) is 0 Å². The molecule has 0 unspecified atom stereocenters. The second kappa shape index (κ2) is 5.38. The lowest BCUT2D eigenvalue weighted by Gasteiger charge is -2.01. The molecule has 0 rings (SSSR count). The Kier molecular flexibility index (Phi) is 4.69. The van der Waals surface area contributed by atoms with Gasteiger partial charge in [-0.3, -0.25) is 4.79 Å². The van der Waals surface area contributed by atoms with Crippen LogP contribution in [-0.4, -0.2) is 12.6 Å². The Bertz CT molecular complexity index is 222. The van der Waals surface area contributed by atoms with Gasteiger partial charge < -0.3 is 4.74 Å². The van der Waals surface area contributed by atoms with Gasteiger partial charge in [0, 0.05) is 0 Å². The molecule has 0 heterocycles. The smallest absolute Gasteiger partial charge is 0.309 e. The Morgan fingerprint density at radius 2 is 2.27 bits per heavy atom. The van der Waals surface area contributed by atoms with Gasteiger partial charge in [0.25, 0.3) is 0 Å². The number of hydrogen-bond donors (Lipinski definition) is 0. The molecule has 0 aliphatic rings. The number of carbonyl (C=O) groups excluding carboxylic acids is 1. The van der Waals surface area contributed by atoms with E-state index in [-0.39, 0.29) is 18.5 Å². The van der Waals surface area contributed by atoms with Crippen molar-refractivity contribution in [3.8, 4) is 24.2 Å². The second-order valence-electron chi connectivity index (χ2n) is 2.21. The highest BCUT2D eigenvalue weighted by atomic mass is 16.5. The summed E-state index contributed by atoms with van der Waals surface area (Å²) in [6.45, 7) is 3.61. The van der Waals surface area contributed by atoms with Gasteiger partial charge in [-0.25, -0.2) is 0 Å². The molecule has 0 bridgehead atoms. The van der Waals surface area contributed by atoms with Gasteiger partial charge in [-0.15, -0.1) is 6.42 Å². The predicted molar refractivity (Wildman–Crippen MR) is 42.4 cm³/mol. The molecule has 0 aliphatic heterocycles. The summed E-state index contributed by atoms with van der Waals surface area (Å²) >= 11 is 0. The third kappa shape index (κ3) is 5.06. The number of ether oxygens (including phenoxy) is 1. The minimum atomic E-state index is -0.253. The molecule has 0 aromatic heterocycles. The first-order valence-corrected chi connectivity index (χ1v) is 3.28. The minimum absolute atomic E-state index is 0.0845. The molecule has 0 aromatic rings. The summed E-state index contributed by atoms with van der Waals surface area (Å²) in [5, 5.41) is 0. The summed E-state index contributed by atoms with van der Waals surface area (Å²) in [6.07, 6.45) is 4.84. The molecule has 0 atom stereocenters. The standard InChI is InChI=1S/C9H10O2/c1-4-5-6-7-11-9(10)8(2)3/h1,8H,7H2,2-3H3. The number of rotatable bonds is 2. The third-order valence-electron chi connectivity index (χ3n) is 0.919. The van der Waals surface area contributed by atoms with E-state index in [2.05, 4.69) is 17.8 Å². The second-order valence-corrected chi connectivity index (χ2v) is 2.21. The zero-order valence-electron chi connectivity index (χ0n) is 6.68. The molecule has 2 heteroatoms. The third-order valence-corrected chi connectivity index (χ3v) is 0.919. The molecule has 58 valence electrons. The summed E-state index contributed by atoms with van der Waals surface area (Å²) < 4.78 is 4.70. The van der Waals surface area contributed by atoms with Crippen molar-refractivity contribution in [1.29, 1.82) is 0 Å². The fraction of sp³-hybridized carbons (Fsp3) is 0.444. The van der Waals surface area contributed by atoms with Crippen molar-refractivity contribution in [3.63, 3.8) is 0 Å². The lowest BCUT2D eigenvalue weighted by Crippen LogP contribution is -2.11. The van der Waals surface area contributed by atoms with E-state index in [0.717, 1.165) is 0 Å². The van der Waals surface area contributed by atoms with Crippen LogP contribution in [0.15, 0.2) is 0 Å². The van der Waals surface area contributed by atoms with E-state index in [1.54, 1.807) is 13.8 Å². The summed E-state index contributed by atoms with van der Waals surface area (Å²) in [5.41, 5.74) is 0. The van der Waals surface area contributed by atoms with Crippen LogP contribution in [0.4, 0.5) is 0 Å². The lowest BCUT2D eigenvalue weighted by atomic mass is 10.2. The Hall–Kier alpha value is -1.41. The molecule has 0 fully saturated rings. The SMILES string of the molecule is C#CC#CCOC(=O)C(C)C. The highest BCUT2D eigenvalue weighted by Crippen LogP contribution is 1.94. The quantitative estimate of drug-likeness (QED) is 0.430. The highest BCUT2D eigenvalue weighted by molar-refractivity contribution is 5.71. The summed E-state index contributed by atoms with van der Waals surface area (Å²) in [5.74, 6) is 6.59. The molecule has 2 nitrogen and oxygen atoms in total. The van der Waals surface area contributed by atoms with Crippen LogP contribution in [0.1, 0.15) is 13.8 Å². The van der Waals surface area contributed by atoms with Crippen molar-refractivity contribution < 1.29 is 9.53 Å². The van der Waals surface area contributed by atoms with E-state index in [0.29, 0.717) is 0 Å². The van der Waals surface area contributed by atoms with E-state index < -0.39 is 0 Å². The monoisotopic (exact) mass is 150 g/mol. The zero-order valence-corrected chi connectivity index (χ0v) is 6.68. The molecule has 0 N–H and O–H groups in total. The Morgan fingerprint density at radius 1 is 1.64 bits per heavy atom. The van der Waals surface area contributed by atoms with Crippen molar-refractivity contribution in [2.75, 3.05) is 6.61 Å². The molecule has 0 saturated heterocycles. The predicted octanol–water partition coefficient (Wildman–Crippen LogP) is 0.822. The van der Waals surface area contributed by atoms with Crippen LogP contribution < -0.4 is 0 Å². The van der Waals surface area contributed by atoms with Crippen LogP contribution in [0.5, 0.6) is 0 Å². The normalized spacial score (nSPS) is 7.82. The summed E-state index contributed by atoms with van der Waals surface area (Å²) in [6, 6.07) is 0. The van der Waals surface area contributed by atoms with E-state index in [1.165, 1.54) is 0 Å². The molecule has 0 aliphatic carbocycles. The van der Waals surface area contributed by atoms with E-state index >= 15 is 0 Å². The van der Waals surface area contributed by atoms with Crippen LogP contribution in [0, 0.1) is 30.1 Å². The number of esters is 1. The fourth-order valence-corrected chi connectivity index (χ4v) is 0.361. The molecule has 0 aromatic carbocycles. The van der Waals surface area contributed by atoms with Crippen molar-refractivity contribution in [1.82, 2.24) is 0 Å². The molecular weight excluding hydrogens is 140 g/mol. The van der Waals surface area contributed by atoms with Crippen LogP contribution in [-0.2, 0) is 9.53 Å². The molecule has 0 saturated carbocycles. The molecule has 0 amide bonds. The first kappa shape index (κ1) is 9.59. The Balaban J connectivity index is 3.57. The first-order chi connectivity index (χ1) is 5.18. The molecule has 11 heavy (non-hydrogen) atoms. The van der Waals surface area contributed by atoms with Gasteiger partial charge in [0.15, 0.2) is 6.61 Å². The maximum atomic E-state index is 10.8. The van der Waals surface area contributed by atoms with Crippen LogP contribution in [0.2, 0.25) is 0 Å². The molecule has 0 spiro atoms. The van der Waals surface area contributed by atoms with Gasteiger partial charge in [0.1, 0.15) is 0 Å². The maximum absolute atomic E-state index is 10.8. The van der Waals surface area contributed by atoms with Crippen molar-refractivity contribution in [2.45, 2.75) is 13.8 Å². The van der Waals surface area contributed by atoms with Gasteiger partial charge >= 0.3 is 5.97 Å². The van der Waals surface area contributed by atoms with Crippen molar-refractivity contribution in [3.05, 3.63) is 0 Å². The van der Waals surface area contributed by atoms with Gasteiger partial charge in [0.2, 0.25) is 0 Å². The summed E-state index contributed by atoms with van der Waals surface area (Å²) in [4.78, 5) is 10.8. The molecular formula is C9H10O2. The lowest BCUT2D eigenvalue weighted by molar-refractivity contribution is -0.145. The number of hydrogen-bond acceptors (Lipinski definition) is 2. The average molecular weight is 150 g/mol. The van der Waals surface area contributed by atoms with Gasteiger partial charge in [-0.1, -0.05) is 13.8 Å². The van der Waals surface area contributed by atoms with Crippen molar-refractivity contribution >= 4 is 5.97 Å². The molecule has 0 radical (unpaired) electrons. The Labute approximate surface area is 66.9 Å². The van der Waals surface area contributed by atoms with Crippen LogP contribution in [0.25, 0.3) is 0 Å². The minimum Gasteiger partial charge on any atom is -0.452 e. The van der Waals surface area contributed by atoms with Gasteiger partial charge in [0.05, 0.1) is 5.92 Å². The summed E-state index contributed by atoms with van der Waals surface area (Å²) in [7, 11) is 0. The topological polar surface area (TPSA) is 26.3 Å². The number of carbonyl (C=O) groups is 1. The van der Waals surface area contributed by atoms with Crippen LogP contribution >= 0.6 is 0 Å². The highest BCUT2D eigenvalue weighted by Gasteiger charge is 2.05. The maximum Gasteiger partial charge on any atom is 0.309 e. The van der Waals surface area contributed by atoms with Crippen LogP contribution in [0.3, 0.4) is 0 Å². The largest absolute Gasteiger partial charge is 0.452 e. The van der Waals surface area contributed by atoms with Gasteiger partial charge in [-0.05, 0) is 17.8 Å². The number of terminal acetylenes is 1. The average Bonchev–Trinajstić information content (AvgIpc) is 1.97.